The number of fused-ring (bicyclic) bond motifs is 3. The zero-order valence-electron chi connectivity index (χ0n) is 19.4. The number of aliphatic carboxylic acids is 1. The van der Waals surface area contributed by atoms with E-state index in [1.165, 1.54) is 16.7 Å². The Morgan fingerprint density at radius 3 is 2.29 bits per heavy atom. The van der Waals surface area contributed by atoms with Gasteiger partial charge in [-0.1, -0.05) is 62.4 Å². The largest absolute Gasteiger partial charge is 0.480 e. The highest BCUT2D eigenvalue weighted by molar-refractivity contribution is 7.99. The van der Waals surface area contributed by atoms with Gasteiger partial charge in [-0.3, -0.25) is 4.79 Å². The number of hydrogen-bond acceptors (Lipinski definition) is 5. The van der Waals surface area contributed by atoms with Crippen LogP contribution in [0.5, 0.6) is 0 Å². The summed E-state index contributed by atoms with van der Waals surface area (Å²) < 4.78 is 5.63. The number of thioether (sulfide) groups is 1. The molecule has 7 nitrogen and oxygen atoms in total. The smallest absolute Gasteiger partial charge is 0.407 e. The zero-order valence-corrected chi connectivity index (χ0v) is 20.2. The topological polar surface area (TPSA) is 95.9 Å². The molecular formula is C26H30N2O5S. The van der Waals surface area contributed by atoms with Crippen molar-refractivity contribution in [2.24, 2.45) is 5.92 Å². The number of rotatable bonds is 7. The lowest BCUT2D eigenvalue weighted by Crippen LogP contribution is -2.52. The van der Waals surface area contributed by atoms with E-state index < -0.39 is 24.1 Å². The molecule has 0 bridgehead atoms. The number of nitrogens with zero attached hydrogens (tertiary/aromatic N) is 1. The van der Waals surface area contributed by atoms with Crippen LogP contribution < -0.4 is 5.32 Å². The Morgan fingerprint density at radius 1 is 1.09 bits per heavy atom. The van der Waals surface area contributed by atoms with Crippen molar-refractivity contribution in [3.63, 3.8) is 0 Å². The normalized spacial score (nSPS) is 18.2. The van der Waals surface area contributed by atoms with E-state index in [4.69, 9.17) is 4.74 Å². The number of carboxylic acid groups (broad SMARTS) is 1. The summed E-state index contributed by atoms with van der Waals surface area (Å²) in [5.41, 5.74) is 4.58. The average Bonchev–Trinajstić information content (AvgIpc) is 3.16. The Balaban J connectivity index is 1.38. The Morgan fingerprint density at radius 2 is 1.71 bits per heavy atom. The molecule has 2 N–H and O–H groups in total. The van der Waals surface area contributed by atoms with E-state index >= 15 is 0 Å². The van der Waals surface area contributed by atoms with Crippen molar-refractivity contribution in [2.45, 2.75) is 38.3 Å². The third kappa shape index (κ3) is 5.06. The van der Waals surface area contributed by atoms with Gasteiger partial charge in [-0.15, -0.1) is 0 Å². The molecule has 1 fully saturated rings. The van der Waals surface area contributed by atoms with Crippen molar-refractivity contribution in [3.05, 3.63) is 59.7 Å². The molecule has 4 rings (SSSR count). The summed E-state index contributed by atoms with van der Waals surface area (Å²) in [6.07, 6.45) is -0.534. The number of ether oxygens (including phenoxy) is 1. The molecule has 0 saturated carbocycles. The van der Waals surface area contributed by atoms with E-state index in [9.17, 15) is 19.5 Å². The van der Waals surface area contributed by atoms with Gasteiger partial charge in [-0.25, -0.2) is 9.59 Å². The Kier molecular flexibility index (Phi) is 7.46. The van der Waals surface area contributed by atoms with Gasteiger partial charge in [0.05, 0.1) is 0 Å². The predicted octanol–water partition coefficient (Wildman–Crippen LogP) is 3.97. The van der Waals surface area contributed by atoms with Crippen molar-refractivity contribution >= 4 is 29.7 Å². The molecular weight excluding hydrogens is 452 g/mol. The van der Waals surface area contributed by atoms with Crippen LogP contribution in [0, 0.1) is 5.92 Å². The molecule has 180 valence electrons. The van der Waals surface area contributed by atoms with Gasteiger partial charge in [-0.05, 0) is 28.2 Å². The zero-order chi connectivity index (χ0) is 24.2. The predicted molar refractivity (Wildman–Crippen MR) is 132 cm³/mol. The minimum atomic E-state index is -0.994. The molecule has 2 aromatic rings. The van der Waals surface area contributed by atoms with Gasteiger partial charge in [0, 0.05) is 36.4 Å². The van der Waals surface area contributed by atoms with Gasteiger partial charge in [0.1, 0.15) is 12.6 Å². The maximum Gasteiger partial charge on any atom is 0.407 e. The Bertz CT molecular complexity index is 1030. The molecule has 34 heavy (non-hydrogen) atoms. The number of alkyl carbamates (subject to hydrolysis) is 1. The van der Waals surface area contributed by atoms with E-state index in [2.05, 4.69) is 29.6 Å². The lowest BCUT2D eigenvalue weighted by atomic mass is 9.98. The number of hydrogen-bond donors (Lipinski definition) is 2. The molecule has 2 amide bonds. The number of carbonyl (C=O) groups excluding carboxylic acids is 2. The second-order valence-corrected chi connectivity index (χ2v) is 10.2. The molecule has 2 atom stereocenters. The fourth-order valence-electron chi connectivity index (χ4n) is 4.66. The third-order valence-corrected chi connectivity index (χ3v) is 7.60. The van der Waals surface area contributed by atoms with Crippen LogP contribution in [0.1, 0.15) is 37.3 Å². The highest BCUT2D eigenvalue weighted by Gasteiger charge is 2.34. The second-order valence-electron chi connectivity index (χ2n) is 9.04. The van der Waals surface area contributed by atoms with E-state index in [-0.39, 0.29) is 30.8 Å². The number of carboxylic acids is 1. The van der Waals surface area contributed by atoms with Crippen LogP contribution in [0.4, 0.5) is 4.79 Å². The van der Waals surface area contributed by atoms with Crippen LogP contribution in [0.15, 0.2) is 48.5 Å². The molecule has 8 heteroatoms. The first-order valence-corrected chi connectivity index (χ1v) is 12.7. The standard InChI is InChI=1S/C26H30N2O5S/c1-16(2)22(13-24(29)28-11-12-34-15-23(28)25(30)31)27-26(32)33-14-21-19-9-5-3-7-17(19)18-8-4-6-10-20(18)21/h3-10,16,21-23H,11-15H2,1-2H3,(H,27,32)(H,30,31). The summed E-state index contributed by atoms with van der Waals surface area (Å²) in [5.74, 6) is -0.225. The summed E-state index contributed by atoms with van der Waals surface area (Å²) in [6.45, 7) is 4.43. The summed E-state index contributed by atoms with van der Waals surface area (Å²) in [6, 6.07) is 15.0. The van der Waals surface area contributed by atoms with E-state index in [0.717, 1.165) is 22.3 Å². The van der Waals surface area contributed by atoms with E-state index in [1.54, 1.807) is 0 Å². The van der Waals surface area contributed by atoms with Gasteiger partial charge < -0.3 is 20.1 Å². The van der Waals surface area contributed by atoms with Crippen LogP contribution in [0.3, 0.4) is 0 Å². The molecule has 1 aliphatic carbocycles. The van der Waals surface area contributed by atoms with Gasteiger partial charge in [0.25, 0.3) is 0 Å². The summed E-state index contributed by atoms with van der Waals surface area (Å²) in [4.78, 5) is 38.6. The van der Waals surface area contributed by atoms with Crippen LogP contribution in [0.25, 0.3) is 11.1 Å². The lowest BCUT2D eigenvalue weighted by Gasteiger charge is -2.34. The van der Waals surface area contributed by atoms with E-state index in [0.29, 0.717) is 18.1 Å². The molecule has 0 aromatic heterocycles. The van der Waals surface area contributed by atoms with Gasteiger partial charge in [0.2, 0.25) is 5.91 Å². The third-order valence-electron chi connectivity index (χ3n) is 6.58. The average molecular weight is 483 g/mol. The minimum absolute atomic E-state index is 0.0214. The lowest BCUT2D eigenvalue weighted by molar-refractivity contribution is -0.149. The number of carbonyl (C=O) groups is 3. The van der Waals surface area contributed by atoms with Crippen molar-refractivity contribution in [1.82, 2.24) is 10.2 Å². The minimum Gasteiger partial charge on any atom is -0.480 e. The second kappa shape index (κ2) is 10.5. The van der Waals surface area contributed by atoms with Crippen molar-refractivity contribution in [1.29, 1.82) is 0 Å². The molecule has 2 aliphatic rings. The summed E-state index contributed by atoms with van der Waals surface area (Å²) in [5, 5.41) is 12.3. The number of amides is 2. The van der Waals surface area contributed by atoms with Crippen molar-refractivity contribution in [2.75, 3.05) is 24.7 Å². The van der Waals surface area contributed by atoms with Crippen LogP contribution in [-0.2, 0) is 14.3 Å². The molecule has 1 aliphatic heterocycles. The highest BCUT2D eigenvalue weighted by Crippen LogP contribution is 2.44. The maximum absolute atomic E-state index is 12.9. The van der Waals surface area contributed by atoms with Crippen LogP contribution in [-0.4, -0.2) is 64.7 Å². The first-order valence-electron chi connectivity index (χ1n) is 11.6. The number of nitrogens with one attached hydrogen (secondary N) is 1. The molecule has 2 unspecified atom stereocenters. The Labute approximate surface area is 203 Å². The maximum atomic E-state index is 12.9. The fourth-order valence-corrected chi connectivity index (χ4v) is 5.70. The van der Waals surface area contributed by atoms with Gasteiger partial charge in [0.15, 0.2) is 0 Å². The quantitative estimate of drug-likeness (QED) is 0.620. The summed E-state index contributed by atoms with van der Waals surface area (Å²) >= 11 is 1.53. The highest BCUT2D eigenvalue weighted by atomic mass is 32.2. The van der Waals surface area contributed by atoms with Crippen LogP contribution in [0.2, 0.25) is 0 Å². The van der Waals surface area contributed by atoms with Crippen molar-refractivity contribution in [3.8, 4) is 11.1 Å². The van der Waals surface area contributed by atoms with Gasteiger partial charge in [-0.2, -0.15) is 11.8 Å². The number of benzene rings is 2. The SMILES string of the molecule is CC(C)C(CC(=O)N1CCSCC1C(=O)O)NC(=O)OCC1c2ccccc2-c2ccccc21. The molecule has 1 heterocycles. The van der Waals surface area contributed by atoms with Gasteiger partial charge >= 0.3 is 12.1 Å². The first-order chi connectivity index (χ1) is 16.4. The summed E-state index contributed by atoms with van der Waals surface area (Å²) in [7, 11) is 0. The molecule has 0 radical (unpaired) electrons. The Hall–Kier alpha value is -3.00. The molecule has 2 aromatic carbocycles. The van der Waals surface area contributed by atoms with Crippen molar-refractivity contribution < 1.29 is 24.2 Å². The first kappa shape index (κ1) is 24.1. The monoisotopic (exact) mass is 482 g/mol. The fraction of sp³-hybridized carbons (Fsp3) is 0.423. The molecule has 1 saturated heterocycles. The van der Waals surface area contributed by atoms with E-state index in [1.807, 2.05) is 38.1 Å². The molecule has 0 spiro atoms. The van der Waals surface area contributed by atoms with Crippen LogP contribution >= 0.6 is 11.8 Å².